The first-order valence-electron chi connectivity index (χ1n) is 6.67. The summed E-state index contributed by atoms with van der Waals surface area (Å²) in [5.74, 6) is 1.36. The van der Waals surface area contributed by atoms with Gasteiger partial charge in [-0.3, -0.25) is 0 Å². The first-order chi connectivity index (χ1) is 8.38. The number of hydrogen-bond donors (Lipinski definition) is 1. The van der Waals surface area contributed by atoms with Gasteiger partial charge in [-0.05, 0) is 31.6 Å². The van der Waals surface area contributed by atoms with Crippen LogP contribution in [0.15, 0.2) is 4.42 Å². The Morgan fingerprint density at radius 3 is 2.82 bits per heavy atom. The van der Waals surface area contributed by atoms with Crippen molar-refractivity contribution in [2.75, 3.05) is 11.4 Å². The minimum absolute atomic E-state index is 0.328. The third-order valence-electron chi connectivity index (χ3n) is 4.12. The second-order valence-electron chi connectivity index (χ2n) is 5.13. The van der Waals surface area contributed by atoms with Crippen molar-refractivity contribution in [1.82, 2.24) is 10.2 Å². The summed E-state index contributed by atoms with van der Waals surface area (Å²) in [5.41, 5.74) is 5.51. The molecule has 2 aliphatic rings. The van der Waals surface area contributed by atoms with Gasteiger partial charge in [-0.1, -0.05) is 17.9 Å². The third kappa shape index (κ3) is 2.04. The molecule has 2 heterocycles. The molecule has 0 amide bonds. The van der Waals surface area contributed by atoms with E-state index in [0.717, 1.165) is 12.5 Å². The van der Waals surface area contributed by atoms with Crippen molar-refractivity contribution in [3.8, 4) is 0 Å². The molecule has 1 aromatic rings. The highest BCUT2D eigenvalue weighted by Gasteiger charge is 2.35. The summed E-state index contributed by atoms with van der Waals surface area (Å²) in [5, 5.41) is 8.10. The topological polar surface area (TPSA) is 68.2 Å². The van der Waals surface area contributed by atoms with Crippen LogP contribution in [0.3, 0.4) is 0 Å². The molecule has 5 heteroatoms. The standard InChI is InChI=1S/C12H20N4O/c13-8-11-14-15-12(17-11)16-7-3-5-9-4-1-2-6-10(9)16/h9-10H,1-8,13H2. The van der Waals surface area contributed by atoms with Crippen molar-refractivity contribution in [3.05, 3.63) is 5.89 Å². The predicted molar refractivity (Wildman–Crippen MR) is 64.5 cm³/mol. The Kier molecular flexibility index (Phi) is 3.01. The van der Waals surface area contributed by atoms with E-state index in [4.69, 9.17) is 10.2 Å². The van der Waals surface area contributed by atoms with Gasteiger partial charge in [0.2, 0.25) is 5.89 Å². The normalized spacial score (nSPS) is 29.1. The lowest BCUT2D eigenvalue weighted by atomic mass is 9.78. The number of rotatable bonds is 2. The molecule has 2 atom stereocenters. The number of piperidine rings is 1. The molecule has 17 heavy (non-hydrogen) atoms. The Balaban J connectivity index is 1.80. The largest absolute Gasteiger partial charge is 0.407 e. The van der Waals surface area contributed by atoms with Crippen LogP contribution in [-0.2, 0) is 6.54 Å². The van der Waals surface area contributed by atoms with Crippen LogP contribution in [0.5, 0.6) is 0 Å². The Bertz CT molecular complexity index is 376. The minimum Gasteiger partial charge on any atom is -0.407 e. The number of nitrogens with zero attached hydrogens (tertiary/aromatic N) is 3. The second kappa shape index (κ2) is 4.64. The second-order valence-corrected chi connectivity index (χ2v) is 5.13. The van der Waals surface area contributed by atoms with E-state index in [9.17, 15) is 0 Å². The number of anilines is 1. The van der Waals surface area contributed by atoms with Gasteiger partial charge in [0.25, 0.3) is 0 Å². The maximum absolute atomic E-state index is 5.60. The van der Waals surface area contributed by atoms with Crippen LogP contribution in [0.4, 0.5) is 6.01 Å². The van der Waals surface area contributed by atoms with E-state index in [1.165, 1.54) is 38.5 Å². The fourth-order valence-electron chi connectivity index (χ4n) is 3.31. The SMILES string of the molecule is NCc1nnc(N2CCCC3CCCCC32)o1. The van der Waals surface area contributed by atoms with E-state index in [-0.39, 0.29) is 0 Å². The maximum Gasteiger partial charge on any atom is 0.318 e. The average Bonchev–Trinajstić information content (AvgIpc) is 2.87. The predicted octanol–water partition coefficient (Wildman–Crippen LogP) is 1.69. The highest BCUT2D eigenvalue weighted by atomic mass is 16.4. The zero-order valence-corrected chi connectivity index (χ0v) is 10.1. The van der Waals surface area contributed by atoms with Gasteiger partial charge in [-0.25, -0.2) is 0 Å². The summed E-state index contributed by atoms with van der Waals surface area (Å²) in [6.45, 7) is 1.38. The van der Waals surface area contributed by atoms with Crippen LogP contribution in [0, 0.1) is 5.92 Å². The van der Waals surface area contributed by atoms with Gasteiger partial charge in [-0.15, -0.1) is 5.10 Å². The summed E-state index contributed by atoms with van der Waals surface area (Å²) in [7, 11) is 0. The van der Waals surface area contributed by atoms with Crippen LogP contribution in [-0.4, -0.2) is 22.8 Å². The molecule has 5 nitrogen and oxygen atoms in total. The summed E-state index contributed by atoms with van der Waals surface area (Å²) in [6, 6.07) is 1.30. The van der Waals surface area contributed by atoms with Crippen LogP contribution >= 0.6 is 0 Å². The molecule has 1 saturated heterocycles. The molecule has 1 aliphatic heterocycles. The van der Waals surface area contributed by atoms with Crippen molar-refractivity contribution in [2.24, 2.45) is 11.7 Å². The molecule has 94 valence electrons. The van der Waals surface area contributed by atoms with E-state index in [1.807, 2.05) is 0 Å². The lowest BCUT2D eigenvalue weighted by Crippen LogP contribution is -2.47. The third-order valence-corrected chi connectivity index (χ3v) is 4.12. The van der Waals surface area contributed by atoms with Crippen LogP contribution in [0.2, 0.25) is 0 Å². The summed E-state index contributed by atoms with van der Waals surface area (Å²) in [6.07, 6.45) is 7.94. The highest BCUT2D eigenvalue weighted by molar-refractivity contribution is 5.28. The highest BCUT2D eigenvalue weighted by Crippen LogP contribution is 2.37. The molecule has 1 saturated carbocycles. The zero-order chi connectivity index (χ0) is 11.7. The molecule has 0 spiro atoms. The van der Waals surface area contributed by atoms with Gasteiger partial charge in [0.15, 0.2) is 0 Å². The Hall–Kier alpha value is -1.10. The van der Waals surface area contributed by atoms with Crippen LogP contribution < -0.4 is 10.6 Å². The number of nitrogens with two attached hydrogens (primary N) is 1. The van der Waals surface area contributed by atoms with Crippen LogP contribution in [0.1, 0.15) is 44.4 Å². The smallest absolute Gasteiger partial charge is 0.318 e. The molecule has 0 bridgehead atoms. The van der Waals surface area contributed by atoms with E-state index < -0.39 is 0 Å². The van der Waals surface area contributed by atoms with Crippen molar-refractivity contribution in [1.29, 1.82) is 0 Å². The molecule has 3 rings (SSSR count). The van der Waals surface area contributed by atoms with Gasteiger partial charge in [0, 0.05) is 12.6 Å². The van der Waals surface area contributed by atoms with Crippen molar-refractivity contribution in [3.63, 3.8) is 0 Å². The molecular weight excluding hydrogens is 216 g/mol. The number of hydrogen-bond acceptors (Lipinski definition) is 5. The fourth-order valence-corrected chi connectivity index (χ4v) is 3.31. The number of fused-ring (bicyclic) bond motifs is 1. The molecule has 2 N–H and O–H groups in total. The van der Waals surface area contributed by atoms with E-state index in [0.29, 0.717) is 24.5 Å². The van der Waals surface area contributed by atoms with Gasteiger partial charge < -0.3 is 15.1 Å². The first-order valence-corrected chi connectivity index (χ1v) is 6.67. The number of aromatic nitrogens is 2. The van der Waals surface area contributed by atoms with Crippen molar-refractivity contribution < 1.29 is 4.42 Å². The first kappa shape index (κ1) is 11.0. The van der Waals surface area contributed by atoms with E-state index >= 15 is 0 Å². The molecule has 2 unspecified atom stereocenters. The van der Waals surface area contributed by atoms with E-state index in [1.54, 1.807) is 0 Å². The Labute approximate surface area is 101 Å². The Morgan fingerprint density at radius 2 is 2.00 bits per heavy atom. The summed E-state index contributed by atoms with van der Waals surface area (Å²) >= 11 is 0. The minimum atomic E-state index is 0.328. The lowest BCUT2D eigenvalue weighted by Gasteiger charge is -2.43. The van der Waals surface area contributed by atoms with Gasteiger partial charge in [0.1, 0.15) is 0 Å². The molecule has 0 radical (unpaired) electrons. The monoisotopic (exact) mass is 236 g/mol. The molecule has 1 aromatic heterocycles. The summed E-state index contributed by atoms with van der Waals surface area (Å²) in [4.78, 5) is 2.32. The van der Waals surface area contributed by atoms with Crippen molar-refractivity contribution in [2.45, 2.75) is 51.1 Å². The average molecular weight is 236 g/mol. The van der Waals surface area contributed by atoms with Gasteiger partial charge in [-0.2, -0.15) is 0 Å². The van der Waals surface area contributed by atoms with E-state index in [2.05, 4.69) is 15.1 Å². The Morgan fingerprint density at radius 1 is 1.18 bits per heavy atom. The summed E-state index contributed by atoms with van der Waals surface area (Å²) < 4.78 is 5.60. The molecule has 2 fully saturated rings. The maximum atomic E-state index is 5.60. The molecule has 0 aromatic carbocycles. The van der Waals surface area contributed by atoms with Gasteiger partial charge >= 0.3 is 6.01 Å². The van der Waals surface area contributed by atoms with Crippen molar-refractivity contribution >= 4 is 6.01 Å². The van der Waals surface area contributed by atoms with Gasteiger partial charge in [0.05, 0.1) is 6.54 Å². The molecule has 1 aliphatic carbocycles. The zero-order valence-electron chi connectivity index (χ0n) is 10.1. The quantitative estimate of drug-likeness (QED) is 0.846. The lowest BCUT2D eigenvalue weighted by molar-refractivity contribution is 0.234. The molecular formula is C12H20N4O. The fraction of sp³-hybridized carbons (Fsp3) is 0.833. The van der Waals surface area contributed by atoms with Crippen LogP contribution in [0.25, 0.3) is 0 Å².